The number of benzene rings is 2. The van der Waals surface area contributed by atoms with Crippen molar-refractivity contribution in [1.82, 2.24) is 0 Å². The van der Waals surface area contributed by atoms with Crippen molar-refractivity contribution in [2.24, 2.45) is 0 Å². The molecule has 136 valence electrons. The molecule has 1 heterocycles. The highest BCUT2D eigenvalue weighted by Gasteiger charge is 2.34. The molecule has 0 bridgehead atoms. The zero-order valence-electron chi connectivity index (χ0n) is 14.8. The lowest BCUT2D eigenvalue weighted by molar-refractivity contribution is -0.386. The number of para-hydroxylation sites is 1. The van der Waals surface area contributed by atoms with Gasteiger partial charge in [-0.25, -0.2) is 0 Å². The maximum absolute atomic E-state index is 12.9. The van der Waals surface area contributed by atoms with Crippen molar-refractivity contribution >= 4 is 17.3 Å². The summed E-state index contributed by atoms with van der Waals surface area (Å²) in [5.74, 6) is 0.162. The van der Waals surface area contributed by atoms with Crippen molar-refractivity contribution in [1.29, 1.82) is 0 Å². The Morgan fingerprint density at radius 3 is 2.73 bits per heavy atom. The van der Waals surface area contributed by atoms with Gasteiger partial charge in [-0.3, -0.25) is 14.9 Å². The molecule has 0 spiro atoms. The van der Waals surface area contributed by atoms with Crippen LogP contribution in [0.5, 0.6) is 11.5 Å². The molecular formula is C19H20N2O5. The van der Waals surface area contributed by atoms with Crippen LogP contribution in [-0.4, -0.2) is 30.1 Å². The van der Waals surface area contributed by atoms with Crippen LogP contribution >= 0.6 is 0 Å². The topological polar surface area (TPSA) is 81.9 Å². The van der Waals surface area contributed by atoms with Crippen LogP contribution in [0.4, 0.5) is 11.4 Å². The van der Waals surface area contributed by atoms with Crippen LogP contribution in [0.1, 0.15) is 19.4 Å². The molecule has 1 aliphatic rings. The number of ether oxygens (including phenoxy) is 2. The normalized spacial score (nSPS) is 16.7. The van der Waals surface area contributed by atoms with Gasteiger partial charge in [-0.1, -0.05) is 18.2 Å². The Kier molecular flexibility index (Phi) is 4.79. The van der Waals surface area contributed by atoms with E-state index < -0.39 is 11.0 Å². The van der Waals surface area contributed by atoms with Gasteiger partial charge in [0.2, 0.25) is 0 Å². The predicted octanol–water partition coefficient (Wildman–Crippen LogP) is 3.35. The first kappa shape index (κ1) is 17.7. The van der Waals surface area contributed by atoms with Gasteiger partial charge in [0.05, 0.1) is 18.1 Å². The summed E-state index contributed by atoms with van der Waals surface area (Å²) in [6.07, 6.45) is -0.0900. The number of rotatable bonds is 5. The van der Waals surface area contributed by atoms with Gasteiger partial charge < -0.3 is 14.4 Å². The number of carbonyl (C=O) groups excluding carboxylic acids is 1. The first-order valence-corrected chi connectivity index (χ1v) is 8.32. The van der Waals surface area contributed by atoms with E-state index in [-0.39, 0.29) is 23.4 Å². The van der Waals surface area contributed by atoms with Gasteiger partial charge in [-0.2, -0.15) is 0 Å². The zero-order chi connectivity index (χ0) is 18.8. The third kappa shape index (κ3) is 3.20. The smallest absolute Gasteiger partial charge is 0.314 e. The van der Waals surface area contributed by atoms with E-state index in [4.69, 9.17) is 9.47 Å². The minimum Gasteiger partial charge on any atom is -0.496 e. The van der Waals surface area contributed by atoms with Gasteiger partial charge in [0, 0.05) is 11.7 Å². The summed E-state index contributed by atoms with van der Waals surface area (Å²) in [4.78, 5) is 25.4. The molecule has 0 aliphatic carbocycles. The minimum absolute atomic E-state index is 0.0109. The Bertz CT molecular complexity index is 852. The number of nitro benzene ring substituents is 1. The van der Waals surface area contributed by atoms with Gasteiger partial charge in [0.15, 0.2) is 11.9 Å². The standard InChI is InChI=1S/C19H20N2O5/c1-12-10-14-6-4-5-7-16(14)20(12)19(22)13(2)26-18-9-8-15(25-3)11-17(18)21(23)24/h4-9,11-13H,10H2,1-3H3/t12-,13-/m0/s1. The Morgan fingerprint density at radius 2 is 2.04 bits per heavy atom. The molecule has 0 aromatic heterocycles. The number of hydrogen-bond donors (Lipinski definition) is 0. The first-order valence-electron chi connectivity index (χ1n) is 8.32. The van der Waals surface area contributed by atoms with E-state index >= 15 is 0 Å². The molecule has 0 unspecified atom stereocenters. The summed E-state index contributed by atoms with van der Waals surface area (Å²) in [6, 6.07) is 12.0. The molecule has 0 saturated heterocycles. The highest BCUT2D eigenvalue weighted by atomic mass is 16.6. The highest BCUT2D eigenvalue weighted by Crippen LogP contribution is 2.34. The van der Waals surface area contributed by atoms with Crippen molar-refractivity contribution < 1.29 is 19.2 Å². The van der Waals surface area contributed by atoms with Crippen LogP contribution in [-0.2, 0) is 11.2 Å². The Balaban J connectivity index is 1.84. The quantitative estimate of drug-likeness (QED) is 0.606. The molecule has 0 fully saturated rings. The number of nitro groups is 1. The SMILES string of the molecule is COc1ccc(O[C@@H](C)C(=O)N2c3ccccc3C[C@@H]2C)c([N+](=O)[O-])c1. The van der Waals surface area contributed by atoms with Crippen molar-refractivity contribution in [3.63, 3.8) is 0 Å². The fraction of sp³-hybridized carbons (Fsp3) is 0.316. The second-order valence-corrected chi connectivity index (χ2v) is 6.24. The van der Waals surface area contributed by atoms with Crippen LogP contribution in [0.3, 0.4) is 0 Å². The van der Waals surface area contributed by atoms with Gasteiger partial charge >= 0.3 is 5.69 Å². The number of carbonyl (C=O) groups is 1. The molecule has 3 rings (SSSR count). The lowest BCUT2D eigenvalue weighted by atomic mass is 10.1. The summed E-state index contributed by atoms with van der Waals surface area (Å²) in [5, 5.41) is 11.3. The molecular weight excluding hydrogens is 336 g/mol. The van der Waals surface area contributed by atoms with E-state index in [0.717, 1.165) is 17.7 Å². The van der Waals surface area contributed by atoms with E-state index in [9.17, 15) is 14.9 Å². The number of amides is 1. The van der Waals surface area contributed by atoms with E-state index in [2.05, 4.69) is 0 Å². The lowest BCUT2D eigenvalue weighted by Gasteiger charge is -2.26. The lowest BCUT2D eigenvalue weighted by Crippen LogP contribution is -2.43. The van der Waals surface area contributed by atoms with Crippen LogP contribution in [0.25, 0.3) is 0 Å². The molecule has 0 radical (unpaired) electrons. The van der Waals surface area contributed by atoms with Crippen molar-refractivity contribution in [3.05, 3.63) is 58.1 Å². The number of fused-ring (bicyclic) bond motifs is 1. The van der Waals surface area contributed by atoms with E-state index in [1.165, 1.54) is 19.2 Å². The summed E-state index contributed by atoms with van der Waals surface area (Å²) in [5.41, 5.74) is 1.74. The number of nitrogens with zero attached hydrogens (tertiary/aromatic N) is 2. The Morgan fingerprint density at radius 1 is 1.31 bits per heavy atom. The second-order valence-electron chi connectivity index (χ2n) is 6.24. The first-order chi connectivity index (χ1) is 12.4. The number of methoxy groups -OCH3 is 1. The molecule has 2 aromatic rings. The van der Waals surface area contributed by atoms with Gasteiger partial charge in [-0.15, -0.1) is 0 Å². The van der Waals surface area contributed by atoms with Crippen molar-refractivity contribution in [3.8, 4) is 11.5 Å². The monoisotopic (exact) mass is 356 g/mol. The van der Waals surface area contributed by atoms with Gasteiger partial charge in [-0.05, 0) is 44.0 Å². The Hall–Kier alpha value is -3.09. The minimum atomic E-state index is -0.865. The van der Waals surface area contributed by atoms with Crippen LogP contribution in [0, 0.1) is 10.1 Å². The largest absolute Gasteiger partial charge is 0.496 e. The summed E-state index contributed by atoms with van der Waals surface area (Å²) < 4.78 is 10.7. The van der Waals surface area contributed by atoms with E-state index in [1.54, 1.807) is 17.9 Å². The molecule has 7 nitrogen and oxygen atoms in total. The average molecular weight is 356 g/mol. The molecule has 26 heavy (non-hydrogen) atoms. The third-order valence-corrected chi connectivity index (χ3v) is 4.46. The van der Waals surface area contributed by atoms with Crippen molar-refractivity contribution in [2.45, 2.75) is 32.4 Å². The number of anilines is 1. The second kappa shape index (κ2) is 7.03. The summed E-state index contributed by atoms with van der Waals surface area (Å²) in [7, 11) is 1.43. The molecule has 2 atom stereocenters. The van der Waals surface area contributed by atoms with Crippen LogP contribution in [0.2, 0.25) is 0 Å². The molecule has 2 aromatic carbocycles. The third-order valence-electron chi connectivity index (χ3n) is 4.46. The fourth-order valence-corrected chi connectivity index (χ4v) is 3.20. The predicted molar refractivity (Wildman–Crippen MR) is 96.8 cm³/mol. The molecule has 1 aliphatic heterocycles. The van der Waals surface area contributed by atoms with Crippen LogP contribution < -0.4 is 14.4 Å². The van der Waals surface area contributed by atoms with Gasteiger partial charge in [0.25, 0.3) is 5.91 Å². The summed E-state index contributed by atoms with van der Waals surface area (Å²) >= 11 is 0. The fourth-order valence-electron chi connectivity index (χ4n) is 3.20. The van der Waals surface area contributed by atoms with Crippen LogP contribution in [0.15, 0.2) is 42.5 Å². The maximum atomic E-state index is 12.9. The molecule has 0 saturated carbocycles. The summed E-state index contributed by atoms with van der Waals surface area (Å²) in [6.45, 7) is 3.57. The van der Waals surface area contributed by atoms with E-state index in [1.807, 2.05) is 31.2 Å². The highest BCUT2D eigenvalue weighted by molar-refractivity contribution is 5.99. The average Bonchev–Trinajstić information content (AvgIpc) is 2.96. The molecule has 0 N–H and O–H groups in total. The Labute approximate surface area is 151 Å². The van der Waals surface area contributed by atoms with Gasteiger partial charge in [0.1, 0.15) is 5.75 Å². The molecule has 1 amide bonds. The zero-order valence-corrected chi connectivity index (χ0v) is 14.8. The maximum Gasteiger partial charge on any atom is 0.314 e. The molecule has 7 heteroatoms. The van der Waals surface area contributed by atoms with E-state index in [0.29, 0.717) is 5.75 Å². The van der Waals surface area contributed by atoms with Crippen molar-refractivity contribution in [2.75, 3.05) is 12.0 Å². The number of hydrogen-bond acceptors (Lipinski definition) is 5.